The van der Waals surface area contributed by atoms with Gasteiger partial charge >= 0.3 is 6.18 Å². The molecule has 2 rings (SSSR count). The Morgan fingerprint density at radius 2 is 1.87 bits per heavy atom. The molecule has 0 fully saturated rings. The van der Waals surface area contributed by atoms with E-state index < -0.39 is 12.2 Å². The van der Waals surface area contributed by atoms with Gasteiger partial charge in [0.05, 0.1) is 6.61 Å². The number of fused-ring (bicyclic) bond motifs is 1. The summed E-state index contributed by atoms with van der Waals surface area (Å²) in [5.41, 5.74) is 5.43. The van der Waals surface area contributed by atoms with E-state index in [0.29, 0.717) is 23.1 Å². The SMILES string of the molecule is CCCCCCOc1ccc2c([C@H](N)C(F)(F)F)cccc2c1. The van der Waals surface area contributed by atoms with Crippen molar-refractivity contribution in [2.24, 2.45) is 5.73 Å². The molecule has 0 aromatic heterocycles. The second-order valence-corrected chi connectivity index (χ2v) is 5.66. The first-order valence-electron chi connectivity index (χ1n) is 7.91. The fourth-order valence-electron chi connectivity index (χ4n) is 2.54. The van der Waals surface area contributed by atoms with E-state index in [1.54, 1.807) is 30.3 Å². The predicted molar refractivity (Wildman–Crippen MR) is 86.6 cm³/mol. The molecule has 0 heterocycles. The summed E-state index contributed by atoms with van der Waals surface area (Å²) in [6, 6.07) is 7.92. The third-order valence-corrected chi connectivity index (χ3v) is 3.84. The van der Waals surface area contributed by atoms with Gasteiger partial charge in [-0.05, 0) is 34.9 Å². The summed E-state index contributed by atoms with van der Waals surface area (Å²) in [5, 5.41) is 1.21. The first-order chi connectivity index (χ1) is 10.9. The highest BCUT2D eigenvalue weighted by Gasteiger charge is 2.38. The Bertz CT molecular complexity index is 640. The van der Waals surface area contributed by atoms with Gasteiger partial charge in [0.2, 0.25) is 0 Å². The van der Waals surface area contributed by atoms with Crippen molar-refractivity contribution in [1.29, 1.82) is 0 Å². The van der Waals surface area contributed by atoms with E-state index in [4.69, 9.17) is 10.5 Å². The molecule has 5 heteroatoms. The van der Waals surface area contributed by atoms with Crippen molar-refractivity contribution >= 4 is 10.8 Å². The van der Waals surface area contributed by atoms with Crippen LogP contribution in [0, 0.1) is 0 Å². The maximum atomic E-state index is 12.9. The van der Waals surface area contributed by atoms with Crippen LogP contribution in [0.25, 0.3) is 10.8 Å². The zero-order chi connectivity index (χ0) is 16.9. The molecule has 0 saturated heterocycles. The van der Waals surface area contributed by atoms with Crippen LogP contribution in [-0.2, 0) is 0 Å². The molecule has 0 bridgehead atoms. The highest BCUT2D eigenvalue weighted by Crippen LogP contribution is 2.35. The monoisotopic (exact) mass is 325 g/mol. The van der Waals surface area contributed by atoms with Crippen molar-refractivity contribution < 1.29 is 17.9 Å². The molecule has 0 saturated carbocycles. The van der Waals surface area contributed by atoms with E-state index in [0.717, 1.165) is 19.3 Å². The highest BCUT2D eigenvalue weighted by atomic mass is 19.4. The zero-order valence-electron chi connectivity index (χ0n) is 13.2. The molecule has 1 atom stereocenters. The number of hydrogen-bond acceptors (Lipinski definition) is 2. The van der Waals surface area contributed by atoms with Crippen LogP contribution >= 0.6 is 0 Å². The van der Waals surface area contributed by atoms with Crippen LogP contribution < -0.4 is 10.5 Å². The number of unbranched alkanes of at least 4 members (excludes halogenated alkanes) is 3. The lowest BCUT2D eigenvalue weighted by Gasteiger charge is -2.18. The topological polar surface area (TPSA) is 35.2 Å². The summed E-state index contributed by atoms with van der Waals surface area (Å²) in [6.45, 7) is 2.76. The Balaban J connectivity index is 2.15. The molecule has 0 aliphatic heterocycles. The van der Waals surface area contributed by atoms with Gasteiger partial charge in [-0.15, -0.1) is 0 Å². The summed E-state index contributed by atoms with van der Waals surface area (Å²) in [4.78, 5) is 0. The summed E-state index contributed by atoms with van der Waals surface area (Å²) in [7, 11) is 0. The van der Waals surface area contributed by atoms with Gasteiger partial charge in [-0.25, -0.2) is 0 Å². The second kappa shape index (κ2) is 7.68. The molecule has 2 N–H and O–H groups in total. The Labute approximate surface area is 134 Å². The van der Waals surface area contributed by atoms with Crippen LogP contribution in [0.3, 0.4) is 0 Å². The quantitative estimate of drug-likeness (QED) is 0.695. The second-order valence-electron chi connectivity index (χ2n) is 5.66. The molecule has 2 aromatic rings. The Hall–Kier alpha value is -1.75. The van der Waals surface area contributed by atoms with E-state index in [9.17, 15) is 13.2 Å². The van der Waals surface area contributed by atoms with E-state index in [-0.39, 0.29) is 5.56 Å². The molecule has 0 spiro atoms. The van der Waals surface area contributed by atoms with Gasteiger partial charge in [0, 0.05) is 0 Å². The standard InChI is InChI=1S/C18H22F3NO/c1-2-3-4-5-11-23-14-9-10-15-13(12-14)7-6-8-16(15)17(22)18(19,20)21/h6-10,12,17H,2-5,11,22H2,1H3/t17-/m0/s1. The third-order valence-electron chi connectivity index (χ3n) is 3.84. The maximum absolute atomic E-state index is 12.9. The Morgan fingerprint density at radius 3 is 2.57 bits per heavy atom. The molecule has 2 aromatic carbocycles. The maximum Gasteiger partial charge on any atom is 0.407 e. The molecular formula is C18H22F3NO. The fourth-order valence-corrected chi connectivity index (χ4v) is 2.54. The fraction of sp³-hybridized carbons (Fsp3) is 0.444. The van der Waals surface area contributed by atoms with Crippen molar-refractivity contribution in [2.75, 3.05) is 6.61 Å². The highest BCUT2D eigenvalue weighted by molar-refractivity contribution is 5.87. The first-order valence-corrected chi connectivity index (χ1v) is 7.91. The average molecular weight is 325 g/mol. The average Bonchev–Trinajstić information content (AvgIpc) is 2.52. The third kappa shape index (κ3) is 4.61. The lowest BCUT2D eigenvalue weighted by Crippen LogP contribution is -2.28. The van der Waals surface area contributed by atoms with E-state index in [1.165, 1.54) is 12.5 Å². The van der Waals surface area contributed by atoms with Crippen molar-refractivity contribution in [3.05, 3.63) is 42.0 Å². The van der Waals surface area contributed by atoms with Gasteiger partial charge in [-0.3, -0.25) is 0 Å². The Morgan fingerprint density at radius 1 is 1.09 bits per heavy atom. The molecule has 0 unspecified atom stereocenters. The van der Waals surface area contributed by atoms with Gasteiger partial charge in [-0.2, -0.15) is 13.2 Å². The number of hydrogen-bond donors (Lipinski definition) is 1. The number of nitrogens with two attached hydrogens (primary N) is 1. The van der Waals surface area contributed by atoms with Crippen molar-refractivity contribution in [3.8, 4) is 5.75 Å². The first kappa shape index (κ1) is 17.6. The van der Waals surface area contributed by atoms with Crippen LogP contribution in [0.15, 0.2) is 36.4 Å². The largest absolute Gasteiger partial charge is 0.494 e. The van der Waals surface area contributed by atoms with Gasteiger partial charge in [0.15, 0.2) is 0 Å². The number of ether oxygens (including phenoxy) is 1. The predicted octanol–water partition coefficient (Wildman–Crippen LogP) is 5.36. The molecule has 2 nitrogen and oxygen atoms in total. The Kier molecular flexibility index (Phi) is 5.88. The van der Waals surface area contributed by atoms with Crippen LogP contribution in [0.1, 0.15) is 44.2 Å². The lowest BCUT2D eigenvalue weighted by atomic mass is 9.99. The smallest absolute Gasteiger partial charge is 0.407 e. The summed E-state index contributed by atoms with van der Waals surface area (Å²) in [5.74, 6) is 0.673. The number of halogens is 3. The number of benzene rings is 2. The van der Waals surface area contributed by atoms with Gasteiger partial charge in [0.1, 0.15) is 11.8 Å². The van der Waals surface area contributed by atoms with Crippen LogP contribution in [0.5, 0.6) is 5.75 Å². The van der Waals surface area contributed by atoms with Crippen LogP contribution in [-0.4, -0.2) is 12.8 Å². The minimum atomic E-state index is -4.46. The molecule has 0 radical (unpaired) electrons. The van der Waals surface area contributed by atoms with E-state index in [1.807, 2.05) is 0 Å². The van der Waals surface area contributed by atoms with Crippen LogP contribution in [0.2, 0.25) is 0 Å². The molecular weight excluding hydrogens is 303 g/mol. The molecule has 0 aliphatic carbocycles. The molecule has 0 amide bonds. The normalized spacial score (nSPS) is 13.3. The van der Waals surface area contributed by atoms with Crippen molar-refractivity contribution in [3.63, 3.8) is 0 Å². The summed E-state index contributed by atoms with van der Waals surface area (Å²) < 4.78 is 44.3. The number of alkyl halides is 3. The minimum Gasteiger partial charge on any atom is -0.494 e. The number of rotatable bonds is 7. The van der Waals surface area contributed by atoms with Crippen LogP contribution in [0.4, 0.5) is 13.2 Å². The van der Waals surface area contributed by atoms with Crippen molar-refractivity contribution in [1.82, 2.24) is 0 Å². The molecule has 0 aliphatic rings. The summed E-state index contributed by atoms with van der Waals surface area (Å²) >= 11 is 0. The molecule has 126 valence electrons. The van der Waals surface area contributed by atoms with Gasteiger partial charge in [0.25, 0.3) is 0 Å². The van der Waals surface area contributed by atoms with E-state index >= 15 is 0 Å². The lowest BCUT2D eigenvalue weighted by molar-refractivity contribution is -0.148. The minimum absolute atomic E-state index is 0.0875. The van der Waals surface area contributed by atoms with Gasteiger partial charge in [-0.1, -0.05) is 50.5 Å². The van der Waals surface area contributed by atoms with Gasteiger partial charge < -0.3 is 10.5 Å². The molecule has 23 heavy (non-hydrogen) atoms. The van der Waals surface area contributed by atoms with E-state index in [2.05, 4.69) is 6.92 Å². The zero-order valence-corrected chi connectivity index (χ0v) is 13.2. The van der Waals surface area contributed by atoms with Crippen molar-refractivity contribution in [2.45, 2.75) is 44.8 Å². The summed E-state index contributed by atoms with van der Waals surface area (Å²) in [6.07, 6.45) is -0.0136.